The van der Waals surface area contributed by atoms with Crippen molar-refractivity contribution in [2.24, 2.45) is 0 Å². The summed E-state index contributed by atoms with van der Waals surface area (Å²) in [6.45, 7) is 2.61. The summed E-state index contributed by atoms with van der Waals surface area (Å²) in [4.78, 5) is 14.0. The molecule has 1 N–H and O–H groups in total. The highest BCUT2D eigenvalue weighted by Gasteiger charge is 2.24. The van der Waals surface area contributed by atoms with E-state index < -0.39 is 0 Å². The van der Waals surface area contributed by atoms with Crippen LogP contribution >= 0.6 is 0 Å². The minimum Gasteiger partial charge on any atom is -0.454 e. The summed E-state index contributed by atoms with van der Waals surface area (Å²) in [5.41, 5.74) is 1.02. The first-order valence-corrected chi connectivity index (χ1v) is 6.68. The van der Waals surface area contributed by atoms with E-state index in [9.17, 15) is 4.79 Å². The van der Waals surface area contributed by atoms with Crippen LogP contribution in [-0.4, -0.2) is 50.4 Å². The quantitative estimate of drug-likeness (QED) is 0.865. The number of amides is 1. The maximum Gasteiger partial charge on any atom is 0.242 e. The lowest BCUT2D eigenvalue weighted by Gasteiger charge is -2.27. The van der Waals surface area contributed by atoms with Gasteiger partial charge < -0.3 is 24.4 Å². The molecule has 0 saturated carbocycles. The lowest BCUT2D eigenvalue weighted by molar-refractivity contribution is -0.135. The first-order valence-electron chi connectivity index (χ1n) is 6.68. The van der Waals surface area contributed by atoms with E-state index in [-0.39, 0.29) is 18.7 Å². The molecular weight excluding hydrogens is 260 g/mol. The van der Waals surface area contributed by atoms with Gasteiger partial charge in [-0.3, -0.25) is 4.79 Å². The van der Waals surface area contributed by atoms with Gasteiger partial charge in [0.25, 0.3) is 0 Å². The average Bonchev–Trinajstić information content (AvgIpc) is 2.95. The standard InChI is InChI=1S/C14H18N2O4/c1-16(14(17)11-8-18-5-4-15-11)7-10-2-3-12-13(6-10)20-9-19-12/h2-3,6,11,15H,4-5,7-9H2,1H3/t11-/m1/s1. The number of hydrogen-bond donors (Lipinski definition) is 1. The Labute approximate surface area is 117 Å². The van der Waals surface area contributed by atoms with Gasteiger partial charge in [-0.15, -0.1) is 0 Å². The van der Waals surface area contributed by atoms with Crippen LogP contribution < -0.4 is 14.8 Å². The highest BCUT2D eigenvalue weighted by molar-refractivity contribution is 5.81. The van der Waals surface area contributed by atoms with Crippen LogP contribution in [0.2, 0.25) is 0 Å². The number of benzene rings is 1. The molecule has 2 aliphatic heterocycles. The molecule has 108 valence electrons. The van der Waals surface area contributed by atoms with Gasteiger partial charge in [-0.1, -0.05) is 6.07 Å². The SMILES string of the molecule is CN(Cc1ccc2c(c1)OCO2)C(=O)[C@H]1COCCN1. The molecule has 0 spiro atoms. The van der Waals surface area contributed by atoms with Crippen molar-refractivity contribution in [2.75, 3.05) is 33.6 Å². The fourth-order valence-corrected chi connectivity index (χ4v) is 2.38. The minimum absolute atomic E-state index is 0.0439. The topological polar surface area (TPSA) is 60.0 Å². The van der Waals surface area contributed by atoms with E-state index in [0.717, 1.165) is 17.1 Å². The second kappa shape index (κ2) is 5.68. The van der Waals surface area contributed by atoms with Gasteiger partial charge in [0.2, 0.25) is 12.7 Å². The van der Waals surface area contributed by atoms with Crippen molar-refractivity contribution in [3.63, 3.8) is 0 Å². The summed E-state index contributed by atoms with van der Waals surface area (Å²) in [5, 5.41) is 3.17. The van der Waals surface area contributed by atoms with E-state index in [4.69, 9.17) is 14.2 Å². The van der Waals surface area contributed by atoms with Gasteiger partial charge in [0.05, 0.1) is 13.2 Å². The number of morpholine rings is 1. The zero-order valence-electron chi connectivity index (χ0n) is 11.4. The van der Waals surface area contributed by atoms with Gasteiger partial charge in [0, 0.05) is 20.1 Å². The highest BCUT2D eigenvalue weighted by atomic mass is 16.7. The molecule has 1 saturated heterocycles. The molecule has 1 amide bonds. The Hall–Kier alpha value is -1.79. The van der Waals surface area contributed by atoms with Crippen LogP contribution in [0.1, 0.15) is 5.56 Å². The van der Waals surface area contributed by atoms with Crippen LogP contribution in [0.15, 0.2) is 18.2 Å². The summed E-state index contributed by atoms with van der Waals surface area (Å²) < 4.78 is 15.9. The molecule has 3 rings (SSSR count). The maximum absolute atomic E-state index is 12.3. The normalized spacial score (nSPS) is 20.8. The third kappa shape index (κ3) is 2.71. The number of carbonyl (C=O) groups excluding carboxylic acids is 1. The number of fused-ring (bicyclic) bond motifs is 1. The van der Waals surface area contributed by atoms with Gasteiger partial charge in [-0.25, -0.2) is 0 Å². The molecule has 0 unspecified atom stereocenters. The van der Waals surface area contributed by atoms with Crippen molar-refractivity contribution < 1.29 is 19.0 Å². The molecule has 0 aromatic heterocycles. The fourth-order valence-electron chi connectivity index (χ4n) is 2.38. The second-order valence-corrected chi connectivity index (χ2v) is 4.96. The van der Waals surface area contributed by atoms with E-state index in [1.54, 1.807) is 11.9 Å². The van der Waals surface area contributed by atoms with Crippen molar-refractivity contribution in [3.8, 4) is 11.5 Å². The number of hydrogen-bond acceptors (Lipinski definition) is 5. The Morgan fingerprint density at radius 1 is 1.40 bits per heavy atom. The van der Waals surface area contributed by atoms with Gasteiger partial charge in [-0.2, -0.15) is 0 Å². The van der Waals surface area contributed by atoms with Gasteiger partial charge in [0.1, 0.15) is 6.04 Å². The number of nitrogens with one attached hydrogen (secondary N) is 1. The van der Waals surface area contributed by atoms with Crippen molar-refractivity contribution in [2.45, 2.75) is 12.6 Å². The van der Waals surface area contributed by atoms with Crippen LogP contribution in [0.25, 0.3) is 0 Å². The van der Waals surface area contributed by atoms with E-state index in [1.807, 2.05) is 18.2 Å². The molecule has 1 aromatic carbocycles. The molecule has 0 aliphatic carbocycles. The average molecular weight is 278 g/mol. The Morgan fingerprint density at radius 2 is 2.25 bits per heavy atom. The molecule has 1 fully saturated rings. The Morgan fingerprint density at radius 3 is 3.05 bits per heavy atom. The van der Waals surface area contributed by atoms with E-state index >= 15 is 0 Å². The third-order valence-electron chi connectivity index (χ3n) is 3.45. The number of nitrogens with zero attached hydrogens (tertiary/aromatic N) is 1. The smallest absolute Gasteiger partial charge is 0.242 e. The van der Waals surface area contributed by atoms with Crippen LogP contribution in [0.4, 0.5) is 0 Å². The number of likely N-dealkylation sites (N-methyl/N-ethyl adjacent to an activating group) is 1. The predicted molar refractivity (Wildman–Crippen MR) is 71.6 cm³/mol. The fraction of sp³-hybridized carbons (Fsp3) is 0.500. The molecule has 2 heterocycles. The number of carbonyl (C=O) groups is 1. The van der Waals surface area contributed by atoms with E-state index in [0.29, 0.717) is 26.3 Å². The highest BCUT2D eigenvalue weighted by Crippen LogP contribution is 2.32. The molecular formula is C14H18N2O4. The van der Waals surface area contributed by atoms with Gasteiger partial charge in [-0.05, 0) is 17.7 Å². The molecule has 0 radical (unpaired) electrons. The summed E-state index contributed by atoms with van der Waals surface area (Å²) in [6.07, 6.45) is 0. The molecule has 0 bridgehead atoms. The van der Waals surface area contributed by atoms with E-state index in [2.05, 4.69) is 5.32 Å². The molecule has 6 heteroatoms. The molecule has 6 nitrogen and oxygen atoms in total. The minimum atomic E-state index is -0.247. The molecule has 20 heavy (non-hydrogen) atoms. The predicted octanol–water partition coefficient (Wildman–Crippen LogP) is 0.362. The second-order valence-electron chi connectivity index (χ2n) is 4.96. The first-order chi connectivity index (χ1) is 9.74. The summed E-state index contributed by atoms with van der Waals surface area (Å²) in [6, 6.07) is 5.49. The Bertz CT molecular complexity index is 500. The number of ether oxygens (including phenoxy) is 3. The third-order valence-corrected chi connectivity index (χ3v) is 3.45. The van der Waals surface area contributed by atoms with Crippen molar-refractivity contribution in [1.29, 1.82) is 0 Å². The van der Waals surface area contributed by atoms with Crippen molar-refractivity contribution >= 4 is 5.91 Å². The van der Waals surface area contributed by atoms with Crippen LogP contribution in [0.5, 0.6) is 11.5 Å². The zero-order chi connectivity index (χ0) is 13.9. The summed E-state index contributed by atoms with van der Waals surface area (Å²) in [7, 11) is 1.79. The van der Waals surface area contributed by atoms with Crippen LogP contribution in [0.3, 0.4) is 0 Å². The lowest BCUT2D eigenvalue weighted by Crippen LogP contribution is -2.51. The van der Waals surface area contributed by atoms with Crippen LogP contribution in [0, 0.1) is 0 Å². The Kier molecular flexibility index (Phi) is 3.75. The lowest BCUT2D eigenvalue weighted by atomic mass is 10.1. The molecule has 1 atom stereocenters. The zero-order valence-corrected chi connectivity index (χ0v) is 11.4. The largest absolute Gasteiger partial charge is 0.454 e. The summed E-state index contributed by atoms with van der Waals surface area (Å²) in [5.74, 6) is 1.54. The molecule has 2 aliphatic rings. The van der Waals surface area contributed by atoms with Crippen LogP contribution in [-0.2, 0) is 16.1 Å². The first kappa shape index (κ1) is 13.2. The maximum atomic E-state index is 12.3. The molecule has 1 aromatic rings. The van der Waals surface area contributed by atoms with Gasteiger partial charge in [0.15, 0.2) is 11.5 Å². The van der Waals surface area contributed by atoms with Crippen molar-refractivity contribution in [3.05, 3.63) is 23.8 Å². The van der Waals surface area contributed by atoms with Gasteiger partial charge >= 0.3 is 0 Å². The number of rotatable bonds is 3. The Balaban J connectivity index is 1.63. The monoisotopic (exact) mass is 278 g/mol. The van der Waals surface area contributed by atoms with E-state index in [1.165, 1.54) is 0 Å². The summed E-state index contributed by atoms with van der Waals surface area (Å²) >= 11 is 0. The van der Waals surface area contributed by atoms with Crippen molar-refractivity contribution in [1.82, 2.24) is 10.2 Å².